The van der Waals surface area contributed by atoms with Gasteiger partial charge in [0.05, 0.1) is 0 Å². The van der Waals surface area contributed by atoms with Gasteiger partial charge in [0.15, 0.2) is 5.82 Å². The Labute approximate surface area is 282 Å². The maximum Gasteiger partial charge on any atom is 0.408 e. The third kappa shape index (κ3) is 9.36. The first-order valence-corrected chi connectivity index (χ1v) is 16.8. The summed E-state index contributed by atoms with van der Waals surface area (Å²) in [6.07, 6.45) is 6.02. The molecule has 6 rings (SSSR count). The van der Waals surface area contributed by atoms with Crippen molar-refractivity contribution in [2.45, 2.75) is 38.5 Å². The number of hydrogen-bond acceptors (Lipinski definition) is 8. The van der Waals surface area contributed by atoms with Crippen LogP contribution in [0.4, 0.5) is 4.79 Å². The Bertz CT molecular complexity index is 1600. The molecule has 2 amide bonds. The van der Waals surface area contributed by atoms with Gasteiger partial charge in [-0.2, -0.15) is 0 Å². The van der Waals surface area contributed by atoms with Crippen LogP contribution in [0.3, 0.4) is 0 Å². The van der Waals surface area contributed by atoms with Crippen molar-refractivity contribution >= 4 is 24.2 Å². The van der Waals surface area contributed by atoms with Crippen molar-refractivity contribution in [3.05, 3.63) is 113 Å². The van der Waals surface area contributed by atoms with E-state index in [0.29, 0.717) is 18.9 Å². The van der Waals surface area contributed by atoms with E-state index in [0.717, 1.165) is 69.7 Å². The first-order valence-electron chi connectivity index (χ1n) is 16.8. The molecule has 0 aliphatic carbocycles. The number of carbonyl (C=O) groups excluding carboxylic acids is 2. The molecule has 4 aromatic rings. The maximum absolute atomic E-state index is 14.1. The smallest absolute Gasteiger partial charge is 0.408 e. The van der Waals surface area contributed by atoms with E-state index in [9.17, 15) is 9.59 Å². The summed E-state index contributed by atoms with van der Waals surface area (Å²) in [5.41, 5.74) is 4.53. The third-order valence-corrected chi connectivity index (χ3v) is 9.33. The van der Waals surface area contributed by atoms with Gasteiger partial charge in [0.2, 0.25) is 5.91 Å². The highest BCUT2D eigenvalue weighted by molar-refractivity contribution is 5.86. The minimum Gasteiger partial charge on any atom is -0.445 e. The monoisotopic (exact) mass is 648 g/mol. The van der Waals surface area contributed by atoms with Gasteiger partial charge in [-0.15, -0.1) is 5.10 Å². The molecule has 0 saturated carbocycles. The van der Waals surface area contributed by atoms with Gasteiger partial charge in [-0.3, -0.25) is 9.69 Å². The lowest BCUT2D eigenvalue weighted by Gasteiger charge is -2.40. The fourth-order valence-corrected chi connectivity index (χ4v) is 6.53. The molecule has 2 saturated heterocycles. The molecule has 2 aliphatic rings. The molecular weight excluding hydrogens is 604 g/mol. The van der Waals surface area contributed by atoms with Crippen LogP contribution < -0.4 is 5.32 Å². The maximum atomic E-state index is 14.1. The Morgan fingerprint density at radius 2 is 1.52 bits per heavy atom. The van der Waals surface area contributed by atoms with Crippen molar-refractivity contribution in [2.24, 2.45) is 5.92 Å². The van der Waals surface area contributed by atoms with Gasteiger partial charge in [-0.05, 0) is 77.0 Å². The fourth-order valence-electron chi connectivity index (χ4n) is 6.53. The molecular formula is C37H44N8O3. The van der Waals surface area contributed by atoms with Crippen LogP contribution in [0.15, 0.2) is 84.9 Å². The number of H-pyrrole nitrogens is 1. The van der Waals surface area contributed by atoms with E-state index >= 15 is 0 Å². The molecule has 11 nitrogen and oxygen atoms in total. The molecule has 2 fully saturated rings. The molecule has 0 spiro atoms. The molecule has 0 radical (unpaired) electrons. The highest BCUT2D eigenvalue weighted by atomic mass is 16.5. The molecule has 11 heteroatoms. The minimum atomic E-state index is -0.618. The average Bonchev–Trinajstić information content (AvgIpc) is 3.67. The Kier molecular flexibility index (Phi) is 11.6. The summed E-state index contributed by atoms with van der Waals surface area (Å²) in [6.45, 7) is 6.43. The number of rotatable bonds is 12. The highest BCUT2D eigenvalue weighted by Crippen LogP contribution is 2.24. The second kappa shape index (κ2) is 16.8. The number of likely N-dealkylation sites (tertiary alicyclic amines) is 1. The Balaban J connectivity index is 1.05. The van der Waals surface area contributed by atoms with Gasteiger partial charge in [0, 0.05) is 39.3 Å². The average molecular weight is 649 g/mol. The first kappa shape index (κ1) is 33.0. The van der Waals surface area contributed by atoms with Crippen molar-refractivity contribution < 1.29 is 14.3 Å². The number of piperidine rings is 1. The number of ether oxygens (including phenoxy) is 1. The molecule has 0 bridgehead atoms. The summed E-state index contributed by atoms with van der Waals surface area (Å²) in [5.74, 6) is 0.631. The van der Waals surface area contributed by atoms with Gasteiger partial charge in [-0.25, -0.2) is 9.89 Å². The molecule has 3 heterocycles. The van der Waals surface area contributed by atoms with Crippen LogP contribution in [-0.4, -0.2) is 99.2 Å². The first-order chi connectivity index (χ1) is 23.6. The third-order valence-electron chi connectivity index (χ3n) is 9.33. The molecule has 2 N–H and O–H groups in total. The van der Waals surface area contributed by atoms with Crippen molar-refractivity contribution in [3.8, 4) is 0 Å². The highest BCUT2D eigenvalue weighted by Gasteiger charge is 2.36. The van der Waals surface area contributed by atoms with Gasteiger partial charge >= 0.3 is 6.09 Å². The van der Waals surface area contributed by atoms with Crippen molar-refractivity contribution in [1.29, 1.82) is 0 Å². The molecule has 2 aliphatic heterocycles. The van der Waals surface area contributed by atoms with E-state index in [1.807, 2.05) is 65.6 Å². The summed E-state index contributed by atoms with van der Waals surface area (Å²) in [5, 5.41) is 16.9. The number of hydrogen-bond donors (Lipinski definition) is 2. The second-order valence-electron chi connectivity index (χ2n) is 12.5. The van der Waals surface area contributed by atoms with Gasteiger partial charge < -0.3 is 19.9 Å². The van der Waals surface area contributed by atoms with Crippen molar-refractivity contribution in [1.82, 2.24) is 40.6 Å². The van der Waals surface area contributed by atoms with Crippen molar-refractivity contribution in [3.63, 3.8) is 0 Å². The van der Waals surface area contributed by atoms with Crippen LogP contribution in [0.1, 0.15) is 40.9 Å². The summed E-state index contributed by atoms with van der Waals surface area (Å²) >= 11 is 0. The zero-order chi connectivity index (χ0) is 33.0. The largest absolute Gasteiger partial charge is 0.445 e. The number of alkyl carbamates (subject to hydrolysis) is 1. The van der Waals surface area contributed by atoms with Crippen molar-refractivity contribution in [2.75, 3.05) is 45.8 Å². The van der Waals surface area contributed by atoms with E-state index in [2.05, 4.69) is 72.1 Å². The molecule has 1 aromatic heterocycles. The summed E-state index contributed by atoms with van der Waals surface area (Å²) < 4.78 is 5.58. The second-order valence-corrected chi connectivity index (χ2v) is 12.5. The lowest BCUT2D eigenvalue weighted by Crippen LogP contribution is -2.58. The lowest BCUT2D eigenvalue weighted by atomic mass is 9.88. The standard InChI is InChI=1S/C37H44N8O3/c46-36(45-25-23-44(24-26-45)27-33-14-8-7-13-31(33)15-16-34-39-41-42-40-34)35(38-37(47)48-28-30-11-5-2-6-12-30)32-18-21-43(22-19-32)20-17-29-9-3-1-4-10-29/h1-16,32,35H,17-28H2,(H,38,47)(H,39,40,41,42)/b16-15+/t35-/m1/s1. The normalized spacial score (nSPS) is 17.0. The van der Waals surface area contributed by atoms with Crippen LogP contribution in [0.2, 0.25) is 0 Å². The quantitative estimate of drug-likeness (QED) is 0.234. The number of nitrogens with one attached hydrogen (secondary N) is 2. The molecule has 0 unspecified atom stereocenters. The summed E-state index contributed by atoms with van der Waals surface area (Å²) in [7, 11) is 0. The molecule has 250 valence electrons. The lowest BCUT2D eigenvalue weighted by molar-refractivity contribution is -0.137. The van der Waals surface area contributed by atoms with E-state index in [-0.39, 0.29) is 18.4 Å². The zero-order valence-electron chi connectivity index (χ0n) is 27.3. The number of carbonyl (C=O) groups is 2. The number of nitrogens with zero attached hydrogens (tertiary/aromatic N) is 6. The number of benzene rings is 3. The van der Waals surface area contributed by atoms with Crippen LogP contribution in [-0.2, 0) is 29.1 Å². The van der Waals surface area contributed by atoms with E-state index < -0.39 is 12.1 Å². The Hall–Kier alpha value is -4.87. The number of aromatic amines is 1. The number of aromatic nitrogens is 4. The molecule has 3 aromatic carbocycles. The van der Waals surface area contributed by atoms with E-state index in [1.54, 1.807) is 0 Å². The topological polar surface area (TPSA) is 120 Å². The SMILES string of the molecule is O=C(N[C@@H](C(=O)N1CCN(Cc2ccccc2/C=C/c2nnn[nH]2)CC1)C1CCN(CCc2ccccc2)CC1)OCc1ccccc1. The summed E-state index contributed by atoms with van der Waals surface area (Å²) in [6, 6.07) is 27.8. The Morgan fingerprint density at radius 1 is 0.833 bits per heavy atom. The van der Waals surface area contributed by atoms with Crippen LogP contribution in [0, 0.1) is 5.92 Å². The number of tetrazole rings is 1. The predicted molar refractivity (Wildman–Crippen MR) is 184 cm³/mol. The van der Waals surface area contributed by atoms with Gasteiger partial charge in [0.1, 0.15) is 12.6 Å². The van der Waals surface area contributed by atoms with Crippen LogP contribution in [0.25, 0.3) is 12.2 Å². The Morgan fingerprint density at radius 3 is 2.23 bits per heavy atom. The summed E-state index contributed by atoms with van der Waals surface area (Å²) in [4.78, 5) is 33.9. The fraction of sp³-hybridized carbons (Fsp3) is 0.378. The van der Waals surface area contributed by atoms with Crippen LogP contribution >= 0.6 is 0 Å². The predicted octanol–water partition coefficient (Wildman–Crippen LogP) is 4.26. The zero-order valence-corrected chi connectivity index (χ0v) is 27.3. The number of piperazine rings is 1. The molecule has 1 atom stereocenters. The van der Waals surface area contributed by atoms with Gasteiger partial charge in [-0.1, -0.05) is 91.0 Å². The van der Waals surface area contributed by atoms with E-state index in [4.69, 9.17) is 4.74 Å². The minimum absolute atomic E-state index is 0.0157. The van der Waals surface area contributed by atoms with E-state index in [1.165, 1.54) is 11.1 Å². The van der Waals surface area contributed by atoms with Crippen LogP contribution in [0.5, 0.6) is 0 Å². The molecule has 48 heavy (non-hydrogen) atoms. The van der Waals surface area contributed by atoms with Gasteiger partial charge in [0.25, 0.3) is 0 Å². The number of amides is 2.